The molecule has 2 N–H and O–H groups in total. The zero-order valence-electron chi connectivity index (χ0n) is 22.4. The largest absolute Gasteiger partial charge is 0.493 e. The Morgan fingerprint density at radius 2 is 1.70 bits per heavy atom. The van der Waals surface area contributed by atoms with Crippen LogP contribution in [0.2, 0.25) is 0 Å². The van der Waals surface area contributed by atoms with Gasteiger partial charge in [-0.25, -0.2) is 23.1 Å². The molecule has 11 nitrogen and oxygen atoms in total. The van der Waals surface area contributed by atoms with Gasteiger partial charge in [0, 0.05) is 24.2 Å². The van der Waals surface area contributed by atoms with Gasteiger partial charge in [-0.1, -0.05) is 0 Å². The van der Waals surface area contributed by atoms with E-state index in [4.69, 9.17) is 24.1 Å². The van der Waals surface area contributed by atoms with E-state index in [0.717, 1.165) is 24.1 Å². The number of primary sulfonamides is 1. The number of nitrogens with zero attached hydrogens (tertiary/aromatic N) is 2. The molecule has 40 heavy (non-hydrogen) atoms. The Kier molecular flexibility index (Phi) is 9.09. The first kappa shape index (κ1) is 30.8. The first-order valence-electron chi connectivity index (χ1n) is 12.0. The molecule has 1 heterocycles. The van der Waals surface area contributed by atoms with Crippen molar-refractivity contribution in [3.8, 4) is 11.5 Å². The van der Waals surface area contributed by atoms with Crippen molar-refractivity contribution in [1.82, 2.24) is 4.90 Å². The highest BCUT2D eigenvalue weighted by molar-refractivity contribution is 7.89. The van der Waals surface area contributed by atoms with Gasteiger partial charge in [0.15, 0.2) is 11.5 Å². The second-order valence-corrected chi connectivity index (χ2v) is 10.5. The highest BCUT2D eigenvalue weighted by atomic mass is 32.2. The first-order valence-corrected chi connectivity index (χ1v) is 13.5. The van der Waals surface area contributed by atoms with Crippen molar-refractivity contribution in [2.45, 2.75) is 50.0 Å². The molecule has 0 saturated carbocycles. The maximum absolute atomic E-state index is 13.6. The molecule has 220 valence electrons. The van der Waals surface area contributed by atoms with E-state index < -0.39 is 57.5 Å². The minimum Gasteiger partial charge on any atom is -0.493 e. The molecule has 0 spiro atoms. The molecule has 2 amide bonds. The number of benzene rings is 2. The lowest BCUT2D eigenvalue weighted by atomic mass is 9.90. The van der Waals surface area contributed by atoms with Crippen molar-refractivity contribution in [3.63, 3.8) is 0 Å². The third-order valence-corrected chi connectivity index (χ3v) is 7.27. The minimum absolute atomic E-state index is 0.102. The fraction of sp³-hybridized carbons (Fsp3) is 0.440. The summed E-state index contributed by atoms with van der Waals surface area (Å²) >= 11 is 0. The van der Waals surface area contributed by atoms with E-state index in [1.54, 1.807) is 19.9 Å². The van der Waals surface area contributed by atoms with Crippen molar-refractivity contribution in [2.75, 3.05) is 32.8 Å². The summed E-state index contributed by atoms with van der Waals surface area (Å²) in [5.74, 6) is 0.550. The molecule has 0 bridgehead atoms. The zero-order chi connectivity index (χ0) is 30.0. The molecule has 0 unspecified atom stereocenters. The molecule has 0 aromatic heterocycles. The number of hydrogen-bond donors (Lipinski definition) is 1. The van der Waals surface area contributed by atoms with E-state index in [-0.39, 0.29) is 30.1 Å². The van der Waals surface area contributed by atoms with Crippen molar-refractivity contribution in [3.05, 3.63) is 47.0 Å². The van der Waals surface area contributed by atoms with Crippen LogP contribution in [0.25, 0.3) is 0 Å². The standard InChI is InChI=1S/C25H30F3N3O8S/c1-6-39-24(33)31-14(2)7-19(18-11-21(36-3)22(37-4)12-20(18)31)30(23(32)38-5)13-15-8-16(25(26,27)28)10-17(9-15)40(29,34)35/h8-12,14,19H,6-7,13H2,1-5H3,(H2,29,34,35)/t14-,19+/m0/s1. The van der Waals surface area contributed by atoms with Gasteiger partial charge in [0.1, 0.15) is 0 Å². The molecule has 1 aliphatic rings. The van der Waals surface area contributed by atoms with Crippen LogP contribution in [0.4, 0.5) is 28.4 Å². The molecule has 0 fully saturated rings. The second kappa shape index (κ2) is 11.8. The van der Waals surface area contributed by atoms with Crippen LogP contribution < -0.4 is 19.5 Å². The van der Waals surface area contributed by atoms with Gasteiger partial charge >= 0.3 is 18.4 Å². The lowest BCUT2D eigenvalue weighted by molar-refractivity contribution is -0.137. The van der Waals surface area contributed by atoms with E-state index in [0.29, 0.717) is 17.3 Å². The van der Waals surface area contributed by atoms with Crippen LogP contribution in [-0.4, -0.2) is 59.5 Å². The zero-order valence-corrected chi connectivity index (χ0v) is 23.3. The fourth-order valence-corrected chi connectivity index (χ4v) is 5.22. The Balaban J connectivity index is 2.22. The molecule has 1 aliphatic heterocycles. The summed E-state index contributed by atoms with van der Waals surface area (Å²) in [6, 6.07) is 3.80. The van der Waals surface area contributed by atoms with Crippen LogP contribution in [0.5, 0.6) is 11.5 Å². The monoisotopic (exact) mass is 589 g/mol. The van der Waals surface area contributed by atoms with Gasteiger partial charge in [0.2, 0.25) is 10.0 Å². The molecule has 2 aromatic rings. The van der Waals surface area contributed by atoms with Gasteiger partial charge in [-0.3, -0.25) is 9.80 Å². The second-order valence-electron chi connectivity index (χ2n) is 8.94. The SMILES string of the molecule is CCOC(=O)N1c2cc(OC)c(OC)cc2[C@H](N(Cc2cc(C(F)(F)F)cc(S(N)(=O)=O)c2)C(=O)OC)C[C@@H]1C. The molecule has 2 aromatic carbocycles. The highest BCUT2D eigenvalue weighted by Crippen LogP contribution is 2.46. The van der Waals surface area contributed by atoms with Crippen LogP contribution in [0.15, 0.2) is 35.2 Å². The summed E-state index contributed by atoms with van der Waals surface area (Å²) in [6.45, 7) is 2.98. The number of halogens is 3. The number of anilines is 1. The number of hydrogen-bond acceptors (Lipinski definition) is 8. The summed E-state index contributed by atoms with van der Waals surface area (Å²) in [5, 5.41) is 5.13. The van der Waals surface area contributed by atoms with E-state index >= 15 is 0 Å². The topological polar surface area (TPSA) is 138 Å². The van der Waals surface area contributed by atoms with Crippen molar-refractivity contribution in [1.29, 1.82) is 0 Å². The predicted molar refractivity (Wildman–Crippen MR) is 137 cm³/mol. The lowest BCUT2D eigenvalue weighted by Crippen LogP contribution is -2.47. The van der Waals surface area contributed by atoms with Crippen LogP contribution in [0.1, 0.15) is 43.0 Å². The normalized spacial score (nSPS) is 17.1. The summed E-state index contributed by atoms with van der Waals surface area (Å²) in [4.78, 5) is 27.7. The molecule has 15 heteroatoms. The number of sulfonamides is 1. The summed E-state index contributed by atoms with van der Waals surface area (Å²) in [6.07, 6.45) is -6.32. The van der Waals surface area contributed by atoms with Gasteiger partial charge in [0.25, 0.3) is 0 Å². The Hall–Kier alpha value is -3.72. The van der Waals surface area contributed by atoms with Crippen molar-refractivity contribution in [2.24, 2.45) is 5.14 Å². The number of methoxy groups -OCH3 is 3. The minimum atomic E-state index is -4.89. The molecular weight excluding hydrogens is 559 g/mol. The Labute approximate surface area is 229 Å². The van der Waals surface area contributed by atoms with Crippen LogP contribution >= 0.6 is 0 Å². The van der Waals surface area contributed by atoms with Crippen LogP contribution in [0, 0.1) is 0 Å². The number of fused-ring (bicyclic) bond motifs is 1. The number of rotatable bonds is 7. The quantitative estimate of drug-likeness (QED) is 0.501. The maximum atomic E-state index is 13.6. The summed E-state index contributed by atoms with van der Waals surface area (Å²) < 4.78 is 85.8. The third kappa shape index (κ3) is 6.36. The maximum Gasteiger partial charge on any atom is 0.416 e. The van der Waals surface area contributed by atoms with Crippen LogP contribution in [-0.2, 0) is 32.2 Å². The van der Waals surface area contributed by atoms with Gasteiger partial charge in [0.05, 0.1) is 50.1 Å². The van der Waals surface area contributed by atoms with Gasteiger partial charge in [-0.15, -0.1) is 0 Å². The highest BCUT2D eigenvalue weighted by Gasteiger charge is 2.41. The van der Waals surface area contributed by atoms with Gasteiger partial charge in [-0.05, 0) is 50.1 Å². The number of carbonyl (C=O) groups excluding carboxylic acids is 2. The molecule has 0 saturated heterocycles. The summed E-state index contributed by atoms with van der Waals surface area (Å²) in [7, 11) is -0.618. The van der Waals surface area contributed by atoms with Crippen molar-refractivity contribution < 1.29 is 50.1 Å². The molecule has 0 aliphatic carbocycles. The smallest absolute Gasteiger partial charge is 0.416 e. The first-order chi connectivity index (χ1) is 18.7. The van der Waals surface area contributed by atoms with Crippen LogP contribution in [0.3, 0.4) is 0 Å². The van der Waals surface area contributed by atoms with Crippen molar-refractivity contribution >= 4 is 27.9 Å². The Morgan fingerprint density at radius 3 is 2.23 bits per heavy atom. The average Bonchev–Trinajstić information content (AvgIpc) is 2.89. The average molecular weight is 590 g/mol. The third-order valence-electron chi connectivity index (χ3n) is 6.38. The molecular formula is C25H30F3N3O8S. The Bertz CT molecular complexity index is 1380. The van der Waals surface area contributed by atoms with E-state index in [1.165, 1.54) is 25.2 Å². The van der Waals surface area contributed by atoms with Gasteiger partial charge in [-0.2, -0.15) is 13.2 Å². The Morgan fingerprint density at radius 1 is 1.07 bits per heavy atom. The van der Waals surface area contributed by atoms with Gasteiger partial charge < -0.3 is 18.9 Å². The molecule has 2 atom stereocenters. The molecule has 3 rings (SSSR count). The fourth-order valence-electron chi connectivity index (χ4n) is 4.61. The number of nitrogens with two attached hydrogens (primary N) is 1. The van der Waals surface area contributed by atoms with E-state index in [1.807, 2.05) is 0 Å². The predicted octanol–water partition coefficient (Wildman–Crippen LogP) is 4.43. The number of alkyl halides is 3. The number of carbonyl (C=O) groups is 2. The lowest BCUT2D eigenvalue weighted by Gasteiger charge is -2.42. The van der Waals surface area contributed by atoms with E-state index in [2.05, 4.69) is 0 Å². The van der Waals surface area contributed by atoms with E-state index in [9.17, 15) is 31.2 Å². The summed E-state index contributed by atoms with van der Waals surface area (Å²) in [5.41, 5.74) is -0.696. The number of amides is 2. The molecule has 0 radical (unpaired) electrons. The number of ether oxygens (including phenoxy) is 4.